The van der Waals surface area contributed by atoms with E-state index < -0.39 is 0 Å². The maximum atomic E-state index is 11.6. The molecular weight excluding hydrogens is 306 g/mol. The molecule has 0 unspecified atom stereocenters. The van der Waals surface area contributed by atoms with Crippen molar-refractivity contribution in [3.63, 3.8) is 0 Å². The summed E-state index contributed by atoms with van der Waals surface area (Å²) in [6, 6.07) is 5.42. The molecule has 0 fully saturated rings. The van der Waals surface area contributed by atoms with Gasteiger partial charge < -0.3 is 9.64 Å². The molecule has 1 aromatic rings. The number of nitrogens with zero attached hydrogens (tertiary/aromatic N) is 1. The van der Waals surface area contributed by atoms with Gasteiger partial charge in [-0.2, -0.15) is 0 Å². The van der Waals surface area contributed by atoms with Crippen molar-refractivity contribution in [2.75, 3.05) is 24.6 Å². The minimum absolute atomic E-state index is 0.311. The van der Waals surface area contributed by atoms with E-state index in [4.69, 9.17) is 4.74 Å². The zero-order valence-corrected chi connectivity index (χ0v) is 12.6. The average Bonchev–Trinajstić information content (AvgIpc) is 2.39. The number of hydrogen-bond acceptors (Lipinski definition) is 3. The number of carbonyl (C=O) groups is 1. The van der Waals surface area contributed by atoms with E-state index >= 15 is 0 Å². The quantitative estimate of drug-likeness (QED) is 0.564. The van der Waals surface area contributed by atoms with Gasteiger partial charge in [0.25, 0.3) is 0 Å². The normalized spacial score (nSPS) is 9.79. The Balaban J connectivity index is 3.00. The second-order valence-electron chi connectivity index (χ2n) is 3.87. The highest BCUT2D eigenvalue weighted by atomic mass is 79.9. The Bertz CT molecular complexity index is 461. The fourth-order valence-corrected chi connectivity index (χ4v) is 2.32. The summed E-state index contributed by atoms with van der Waals surface area (Å²) in [6.45, 7) is 11.1. The summed E-state index contributed by atoms with van der Waals surface area (Å²) < 4.78 is 5.82. The number of esters is 1. The van der Waals surface area contributed by atoms with Crippen LogP contribution in [0.15, 0.2) is 48.0 Å². The fourth-order valence-electron chi connectivity index (χ4n) is 1.69. The van der Waals surface area contributed by atoms with E-state index in [-0.39, 0.29) is 5.97 Å². The van der Waals surface area contributed by atoms with Crippen molar-refractivity contribution in [2.24, 2.45) is 0 Å². The van der Waals surface area contributed by atoms with E-state index in [1.807, 2.05) is 18.2 Å². The number of rotatable bonds is 7. The Morgan fingerprint density at radius 2 is 2.00 bits per heavy atom. The van der Waals surface area contributed by atoms with Crippen LogP contribution in [0, 0.1) is 0 Å². The number of carbonyl (C=O) groups excluding carboxylic acids is 1. The standard InChI is InChI=1S/C15H18BrNO2/c1-4-9-17(10-5-2)14-8-7-12(11-13(14)16)15(18)19-6-3/h4-5,7-8,11H,1-2,6,9-10H2,3H3. The third kappa shape index (κ3) is 4.24. The number of benzene rings is 1. The lowest BCUT2D eigenvalue weighted by Crippen LogP contribution is -2.23. The van der Waals surface area contributed by atoms with Gasteiger partial charge in [0.1, 0.15) is 0 Å². The topological polar surface area (TPSA) is 29.5 Å². The highest BCUT2D eigenvalue weighted by molar-refractivity contribution is 9.10. The zero-order valence-electron chi connectivity index (χ0n) is 11.1. The first kappa shape index (κ1) is 15.5. The highest BCUT2D eigenvalue weighted by Crippen LogP contribution is 2.27. The summed E-state index contributed by atoms with van der Waals surface area (Å²) in [5.41, 5.74) is 1.53. The van der Waals surface area contributed by atoms with Crippen LogP contribution in [0.25, 0.3) is 0 Å². The van der Waals surface area contributed by atoms with Crippen LogP contribution in [0.1, 0.15) is 17.3 Å². The van der Waals surface area contributed by atoms with Crippen molar-refractivity contribution >= 4 is 27.6 Å². The molecule has 0 radical (unpaired) electrons. The van der Waals surface area contributed by atoms with Crippen molar-refractivity contribution in [1.29, 1.82) is 0 Å². The third-order valence-corrected chi connectivity index (χ3v) is 3.13. The SMILES string of the molecule is C=CCN(CC=C)c1ccc(C(=O)OCC)cc1Br. The first-order valence-corrected chi connectivity index (χ1v) is 6.86. The van der Waals surface area contributed by atoms with Crippen LogP contribution in [-0.2, 0) is 4.74 Å². The Labute approximate surface area is 122 Å². The number of ether oxygens (including phenoxy) is 1. The fraction of sp³-hybridized carbons (Fsp3) is 0.267. The average molecular weight is 324 g/mol. The molecule has 0 aliphatic carbocycles. The van der Waals surface area contributed by atoms with E-state index in [2.05, 4.69) is 34.0 Å². The smallest absolute Gasteiger partial charge is 0.338 e. The molecule has 3 nitrogen and oxygen atoms in total. The van der Waals surface area contributed by atoms with Crippen molar-refractivity contribution in [3.05, 3.63) is 53.5 Å². The molecule has 0 aromatic heterocycles. The van der Waals surface area contributed by atoms with Crippen molar-refractivity contribution in [1.82, 2.24) is 0 Å². The van der Waals surface area contributed by atoms with E-state index in [0.717, 1.165) is 10.2 Å². The van der Waals surface area contributed by atoms with Gasteiger partial charge in [-0.15, -0.1) is 13.2 Å². The second-order valence-corrected chi connectivity index (χ2v) is 4.72. The van der Waals surface area contributed by atoms with Crippen LogP contribution < -0.4 is 4.90 Å². The lowest BCUT2D eigenvalue weighted by atomic mass is 10.2. The van der Waals surface area contributed by atoms with Gasteiger partial charge in [0, 0.05) is 17.6 Å². The summed E-state index contributed by atoms with van der Waals surface area (Å²) in [7, 11) is 0. The molecule has 102 valence electrons. The molecule has 19 heavy (non-hydrogen) atoms. The lowest BCUT2D eigenvalue weighted by molar-refractivity contribution is 0.0526. The van der Waals surface area contributed by atoms with Crippen molar-refractivity contribution in [3.8, 4) is 0 Å². The molecule has 0 saturated carbocycles. The van der Waals surface area contributed by atoms with E-state index in [9.17, 15) is 4.79 Å². The maximum absolute atomic E-state index is 11.6. The minimum Gasteiger partial charge on any atom is -0.462 e. The van der Waals surface area contributed by atoms with Gasteiger partial charge in [-0.3, -0.25) is 0 Å². The molecule has 4 heteroatoms. The first-order valence-electron chi connectivity index (χ1n) is 6.07. The van der Waals surface area contributed by atoms with Gasteiger partial charge in [-0.05, 0) is 41.1 Å². The van der Waals surface area contributed by atoms with Crippen LogP contribution in [0.4, 0.5) is 5.69 Å². The first-order chi connectivity index (χ1) is 9.13. The van der Waals surface area contributed by atoms with Crippen molar-refractivity contribution < 1.29 is 9.53 Å². The number of anilines is 1. The summed E-state index contributed by atoms with van der Waals surface area (Å²) in [5.74, 6) is -0.311. The third-order valence-electron chi connectivity index (χ3n) is 2.50. The monoisotopic (exact) mass is 323 g/mol. The van der Waals surface area contributed by atoms with Gasteiger partial charge in [-0.25, -0.2) is 4.79 Å². The Morgan fingerprint density at radius 3 is 2.47 bits per heavy atom. The molecule has 0 bridgehead atoms. The van der Waals surface area contributed by atoms with Crippen LogP contribution in [0.5, 0.6) is 0 Å². The van der Waals surface area contributed by atoms with E-state index in [1.54, 1.807) is 19.1 Å². The molecule has 0 amide bonds. The molecular formula is C15H18BrNO2. The Kier molecular flexibility index (Phi) is 6.36. The molecule has 0 saturated heterocycles. The van der Waals surface area contributed by atoms with E-state index in [0.29, 0.717) is 25.3 Å². The van der Waals surface area contributed by atoms with Crippen LogP contribution in [-0.4, -0.2) is 25.7 Å². The predicted octanol–water partition coefficient (Wildman–Crippen LogP) is 3.80. The minimum atomic E-state index is -0.311. The van der Waals surface area contributed by atoms with Gasteiger partial charge in [0.15, 0.2) is 0 Å². The van der Waals surface area contributed by atoms with Crippen LogP contribution in [0.3, 0.4) is 0 Å². The molecule has 0 N–H and O–H groups in total. The second kappa shape index (κ2) is 7.79. The molecule has 1 rings (SSSR count). The predicted molar refractivity (Wildman–Crippen MR) is 82.7 cm³/mol. The largest absolute Gasteiger partial charge is 0.462 e. The summed E-state index contributed by atoms with van der Waals surface area (Å²) >= 11 is 3.49. The summed E-state index contributed by atoms with van der Waals surface area (Å²) in [5, 5.41) is 0. The Hall–Kier alpha value is -1.55. The van der Waals surface area contributed by atoms with Crippen LogP contribution in [0.2, 0.25) is 0 Å². The lowest BCUT2D eigenvalue weighted by Gasteiger charge is -2.23. The van der Waals surface area contributed by atoms with Crippen LogP contribution >= 0.6 is 15.9 Å². The number of hydrogen-bond donors (Lipinski definition) is 0. The highest BCUT2D eigenvalue weighted by Gasteiger charge is 2.12. The molecule has 0 heterocycles. The molecule has 0 aliphatic heterocycles. The van der Waals surface area contributed by atoms with Crippen molar-refractivity contribution in [2.45, 2.75) is 6.92 Å². The number of halogens is 1. The molecule has 0 atom stereocenters. The zero-order chi connectivity index (χ0) is 14.3. The summed E-state index contributed by atoms with van der Waals surface area (Å²) in [4.78, 5) is 13.7. The molecule has 1 aromatic carbocycles. The van der Waals surface area contributed by atoms with Gasteiger partial charge >= 0.3 is 5.97 Å². The van der Waals surface area contributed by atoms with Gasteiger partial charge in [0.2, 0.25) is 0 Å². The van der Waals surface area contributed by atoms with Gasteiger partial charge in [0.05, 0.1) is 17.9 Å². The Morgan fingerprint density at radius 1 is 1.37 bits per heavy atom. The summed E-state index contributed by atoms with van der Waals surface area (Å²) in [6.07, 6.45) is 3.66. The molecule has 0 spiro atoms. The maximum Gasteiger partial charge on any atom is 0.338 e. The van der Waals surface area contributed by atoms with Gasteiger partial charge in [-0.1, -0.05) is 12.2 Å². The molecule has 0 aliphatic rings. The van der Waals surface area contributed by atoms with E-state index in [1.165, 1.54) is 0 Å².